The maximum absolute atomic E-state index is 9.21. The van der Waals surface area contributed by atoms with Gasteiger partial charge in [-0.05, 0) is 11.6 Å². The van der Waals surface area contributed by atoms with Gasteiger partial charge in [-0.3, -0.25) is 0 Å². The molecule has 1 aromatic rings. The van der Waals surface area contributed by atoms with Gasteiger partial charge in [0.1, 0.15) is 0 Å². The van der Waals surface area contributed by atoms with E-state index in [4.69, 9.17) is 5.11 Å². The molecule has 0 fully saturated rings. The molecule has 0 aliphatic carbocycles. The van der Waals surface area contributed by atoms with Gasteiger partial charge in [0.05, 0.1) is 23.4 Å². The molecule has 15 heavy (non-hydrogen) atoms. The minimum atomic E-state index is -0.651. The Bertz CT molecular complexity index is 379. The summed E-state index contributed by atoms with van der Waals surface area (Å²) in [7, 11) is 0. The number of hydrogen-bond acceptors (Lipinski definition) is 4. The van der Waals surface area contributed by atoms with Crippen molar-refractivity contribution in [1.29, 1.82) is 0 Å². The number of rotatable bonds is 3. The molecule has 2 N–H and O–H groups in total. The van der Waals surface area contributed by atoms with E-state index in [1.807, 2.05) is 18.2 Å². The predicted molar refractivity (Wildman–Crippen MR) is 62.8 cm³/mol. The summed E-state index contributed by atoms with van der Waals surface area (Å²) in [6.45, 7) is -0.187. The van der Waals surface area contributed by atoms with Crippen LogP contribution in [0.5, 0.6) is 0 Å². The highest BCUT2D eigenvalue weighted by molar-refractivity contribution is 8.14. The van der Waals surface area contributed by atoms with Gasteiger partial charge in [0.15, 0.2) is 0 Å². The standard InChI is InChI=1S/C11H13NO2S/c13-6-9(14)7-15-11-5-8-3-1-2-4-10(8)12-11/h1-4,9,13-14H,5-7H2/t9-/m1/s1. The number of thioether (sulfide) groups is 1. The lowest BCUT2D eigenvalue weighted by Crippen LogP contribution is -2.16. The highest BCUT2D eigenvalue weighted by atomic mass is 32.2. The van der Waals surface area contributed by atoms with Gasteiger partial charge in [-0.2, -0.15) is 0 Å². The zero-order valence-corrected chi connectivity index (χ0v) is 9.07. The van der Waals surface area contributed by atoms with Crippen LogP contribution in [0.4, 0.5) is 5.69 Å². The molecule has 0 spiro atoms. The van der Waals surface area contributed by atoms with Crippen LogP contribution in [0, 0.1) is 0 Å². The molecule has 0 saturated carbocycles. The molecule has 1 aromatic carbocycles. The van der Waals surface area contributed by atoms with E-state index >= 15 is 0 Å². The summed E-state index contributed by atoms with van der Waals surface area (Å²) < 4.78 is 0. The quantitative estimate of drug-likeness (QED) is 0.813. The summed E-state index contributed by atoms with van der Waals surface area (Å²) in [5.74, 6) is 0.503. The SMILES string of the molecule is OC[C@@H](O)CSC1=Nc2ccccc2C1. The van der Waals surface area contributed by atoms with Crippen LogP contribution < -0.4 is 0 Å². The van der Waals surface area contributed by atoms with Gasteiger partial charge in [-0.1, -0.05) is 18.2 Å². The van der Waals surface area contributed by atoms with Crippen LogP contribution in [-0.4, -0.2) is 33.7 Å². The van der Waals surface area contributed by atoms with Gasteiger partial charge in [-0.25, -0.2) is 4.99 Å². The lowest BCUT2D eigenvalue weighted by molar-refractivity contribution is 0.114. The van der Waals surface area contributed by atoms with Crippen LogP contribution >= 0.6 is 11.8 Å². The first kappa shape index (κ1) is 10.7. The Morgan fingerprint density at radius 1 is 1.40 bits per heavy atom. The van der Waals surface area contributed by atoms with Crippen LogP contribution in [0.2, 0.25) is 0 Å². The Hall–Kier alpha value is -0.840. The summed E-state index contributed by atoms with van der Waals surface area (Å²) in [5.41, 5.74) is 2.26. The molecule has 1 heterocycles. The summed E-state index contributed by atoms with van der Waals surface area (Å²) in [6, 6.07) is 8.03. The van der Waals surface area contributed by atoms with Gasteiger partial charge in [0, 0.05) is 12.2 Å². The lowest BCUT2D eigenvalue weighted by atomic mass is 10.2. The first-order valence-corrected chi connectivity index (χ1v) is 5.85. The van der Waals surface area contributed by atoms with Gasteiger partial charge in [0.25, 0.3) is 0 Å². The summed E-state index contributed by atoms with van der Waals surface area (Å²) in [4.78, 5) is 4.44. The number of aliphatic hydroxyl groups is 2. The van der Waals surface area contributed by atoms with Crippen molar-refractivity contribution in [2.75, 3.05) is 12.4 Å². The van der Waals surface area contributed by atoms with Crippen molar-refractivity contribution in [2.45, 2.75) is 12.5 Å². The topological polar surface area (TPSA) is 52.8 Å². The zero-order chi connectivity index (χ0) is 10.7. The number of nitrogens with zero attached hydrogens (tertiary/aromatic N) is 1. The molecule has 2 rings (SSSR count). The molecule has 1 aliphatic heterocycles. The van der Waals surface area contributed by atoms with Gasteiger partial charge in [0.2, 0.25) is 0 Å². The number of aliphatic imine (C=N–C) groups is 1. The molecule has 0 saturated heterocycles. The van der Waals surface area contributed by atoms with E-state index in [0.717, 1.165) is 17.2 Å². The van der Waals surface area contributed by atoms with Gasteiger partial charge in [-0.15, -0.1) is 11.8 Å². The molecule has 1 atom stereocenters. The molecule has 0 aromatic heterocycles. The smallest absolute Gasteiger partial charge is 0.0864 e. The molecule has 0 unspecified atom stereocenters. The van der Waals surface area contributed by atoms with Crippen LogP contribution in [-0.2, 0) is 6.42 Å². The molecule has 4 heteroatoms. The molecule has 3 nitrogen and oxygen atoms in total. The van der Waals surface area contributed by atoms with E-state index in [-0.39, 0.29) is 6.61 Å². The average Bonchev–Trinajstić information content (AvgIpc) is 2.68. The number of fused-ring (bicyclic) bond motifs is 1. The second-order valence-corrected chi connectivity index (χ2v) is 4.55. The molecule has 1 aliphatic rings. The summed E-state index contributed by atoms with van der Waals surface area (Å²) >= 11 is 1.51. The maximum atomic E-state index is 9.21. The average molecular weight is 223 g/mol. The fraction of sp³-hybridized carbons (Fsp3) is 0.364. The summed E-state index contributed by atoms with van der Waals surface area (Å²) in [6.07, 6.45) is 0.195. The van der Waals surface area contributed by atoms with E-state index in [0.29, 0.717) is 5.75 Å². The monoisotopic (exact) mass is 223 g/mol. The second kappa shape index (κ2) is 4.79. The van der Waals surface area contributed by atoms with E-state index in [9.17, 15) is 5.11 Å². The highest BCUT2D eigenvalue weighted by Gasteiger charge is 2.15. The predicted octanol–water partition coefficient (Wildman–Crippen LogP) is 1.36. The van der Waals surface area contributed by atoms with Crippen molar-refractivity contribution >= 4 is 22.5 Å². The van der Waals surface area contributed by atoms with E-state index in [2.05, 4.69) is 11.1 Å². The second-order valence-electron chi connectivity index (χ2n) is 3.46. The maximum Gasteiger partial charge on any atom is 0.0864 e. The third kappa shape index (κ3) is 2.59. The molecular weight excluding hydrogens is 210 g/mol. The van der Waals surface area contributed by atoms with E-state index < -0.39 is 6.10 Å². The Morgan fingerprint density at radius 2 is 2.20 bits per heavy atom. The Morgan fingerprint density at radius 3 is 2.93 bits per heavy atom. The van der Waals surface area contributed by atoms with Crippen molar-refractivity contribution in [2.24, 2.45) is 4.99 Å². The lowest BCUT2D eigenvalue weighted by Gasteiger charge is -2.05. The van der Waals surface area contributed by atoms with Crippen molar-refractivity contribution in [3.8, 4) is 0 Å². The van der Waals surface area contributed by atoms with E-state index in [1.54, 1.807) is 0 Å². The van der Waals surface area contributed by atoms with Gasteiger partial charge >= 0.3 is 0 Å². The Balaban J connectivity index is 1.94. The fourth-order valence-electron chi connectivity index (χ4n) is 1.43. The van der Waals surface area contributed by atoms with Gasteiger partial charge < -0.3 is 10.2 Å². The number of aliphatic hydroxyl groups excluding tert-OH is 2. The number of para-hydroxylation sites is 1. The Kier molecular flexibility index (Phi) is 3.41. The first-order chi connectivity index (χ1) is 7.29. The Labute approximate surface area is 92.9 Å². The third-order valence-corrected chi connectivity index (χ3v) is 3.35. The van der Waals surface area contributed by atoms with Crippen molar-refractivity contribution in [1.82, 2.24) is 0 Å². The first-order valence-electron chi connectivity index (χ1n) is 4.87. The minimum absolute atomic E-state index is 0.187. The van der Waals surface area contributed by atoms with Crippen molar-refractivity contribution in [3.05, 3.63) is 29.8 Å². The minimum Gasteiger partial charge on any atom is -0.394 e. The van der Waals surface area contributed by atoms with Crippen LogP contribution in [0.15, 0.2) is 29.3 Å². The molecule has 0 radical (unpaired) electrons. The summed E-state index contributed by atoms with van der Waals surface area (Å²) in [5, 5.41) is 18.9. The van der Waals surface area contributed by atoms with Crippen LogP contribution in [0.3, 0.4) is 0 Å². The normalized spacial score (nSPS) is 16.0. The van der Waals surface area contributed by atoms with Crippen molar-refractivity contribution in [3.63, 3.8) is 0 Å². The largest absolute Gasteiger partial charge is 0.394 e. The molecular formula is C11H13NO2S. The third-order valence-electron chi connectivity index (χ3n) is 2.23. The van der Waals surface area contributed by atoms with Crippen LogP contribution in [0.25, 0.3) is 0 Å². The number of benzene rings is 1. The van der Waals surface area contributed by atoms with Crippen molar-refractivity contribution < 1.29 is 10.2 Å². The molecule has 80 valence electrons. The highest BCUT2D eigenvalue weighted by Crippen LogP contribution is 2.29. The molecule has 0 amide bonds. The zero-order valence-electron chi connectivity index (χ0n) is 8.26. The van der Waals surface area contributed by atoms with E-state index in [1.165, 1.54) is 17.3 Å². The molecule has 0 bridgehead atoms. The van der Waals surface area contributed by atoms with Crippen LogP contribution in [0.1, 0.15) is 5.56 Å². The number of hydrogen-bond donors (Lipinski definition) is 2. The fourth-order valence-corrected chi connectivity index (χ4v) is 2.35.